The van der Waals surface area contributed by atoms with Gasteiger partial charge in [0.1, 0.15) is 0 Å². The molecule has 2 atom stereocenters. The Balaban J connectivity index is 0.000000292. The van der Waals surface area contributed by atoms with Gasteiger partial charge >= 0.3 is 0 Å². The smallest absolute Gasteiger partial charge is 0.290 e. The zero-order valence-corrected chi connectivity index (χ0v) is 6.01. The molecule has 0 spiro atoms. The van der Waals surface area contributed by atoms with Gasteiger partial charge in [0.25, 0.3) is 6.47 Å². The maximum atomic E-state index is 8.79. The lowest BCUT2D eigenvalue weighted by atomic mass is 10.1. The molecule has 0 amide bonds. The van der Waals surface area contributed by atoms with Gasteiger partial charge in [0, 0.05) is 6.42 Å². The highest BCUT2D eigenvalue weighted by molar-refractivity contribution is 5.32. The van der Waals surface area contributed by atoms with Crippen LogP contribution in [0.2, 0.25) is 0 Å². The van der Waals surface area contributed by atoms with E-state index in [-0.39, 0.29) is 6.47 Å². The summed E-state index contributed by atoms with van der Waals surface area (Å²) in [4.78, 5) is 8.36. The molecule has 0 aromatic carbocycles. The Morgan fingerprint density at radius 1 is 1.27 bits per heavy atom. The molecule has 0 aromatic rings. The molecule has 66 valence electrons. The first kappa shape index (κ1) is 10.3. The summed E-state index contributed by atoms with van der Waals surface area (Å²) in [7, 11) is 0. The van der Waals surface area contributed by atoms with Crippen molar-refractivity contribution in [3.05, 3.63) is 0 Å². The van der Waals surface area contributed by atoms with Crippen molar-refractivity contribution in [3.8, 4) is 0 Å². The number of carboxylic acid groups (broad SMARTS) is 1. The van der Waals surface area contributed by atoms with Gasteiger partial charge in [0.05, 0.1) is 25.4 Å². The molecule has 0 aromatic heterocycles. The summed E-state index contributed by atoms with van der Waals surface area (Å²) in [5, 5.41) is 24.5. The Morgan fingerprint density at radius 2 is 1.64 bits per heavy atom. The molecule has 1 rings (SSSR count). The van der Waals surface area contributed by atoms with Crippen LogP contribution in [0.5, 0.6) is 0 Å². The zero-order valence-electron chi connectivity index (χ0n) is 6.01. The second-order valence-electron chi connectivity index (χ2n) is 2.19. The second kappa shape index (κ2) is 6.09. The van der Waals surface area contributed by atoms with Crippen molar-refractivity contribution >= 4 is 6.47 Å². The average Bonchev–Trinajstić information content (AvgIpc) is 1.88. The Labute approximate surface area is 64.2 Å². The van der Waals surface area contributed by atoms with Gasteiger partial charge in [-0.25, -0.2) is 0 Å². The number of hydrogen-bond acceptors (Lipinski definition) is 4. The van der Waals surface area contributed by atoms with Gasteiger partial charge in [-0.2, -0.15) is 0 Å². The molecule has 1 heterocycles. The summed E-state index contributed by atoms with van der Waals surface area (Å²) in [6.07, 6.45) is -0.461. The van der Waals surface area contributed by atoms with Crippen molar-refractivity contribution in [2.75, 3.05) is 13.2 Å². The topological polar surface area (TPSA) is 87.0 Å². The highest BCUT2D eigenvalue weighted by Gasteiger charge is 2.17. The first-order chi connectivity index (χ1) is 5.20. The number of rotatable bonds is 0. The summed E-state index contributed by atoms with van der Waals surface area (Å²) in [6.45, 7) is 0.494. The van der Waals surface area contributed by atoms with Crippen LogP contribution in [-0.4, -0.2) is 47.2 Å². The van der Waals surface area contributed by atoms with E-state index >= 15 is 0 Å². The van der Waals surface area contributed by atoms with E-state index < -0.39 is 12.2 Å². The fourth-order valence-electron chi connectivity index (χ4n) is 0.790. The summed E-state index contributed by atoms with van der Waals surface area (Å²) < 4.78 is 4.79. The van der Waals surface area contributed by atoms with Crippen LogP contribution >= 0.6 is 0 Å². The van der Waals surface area contributed by atoms with E-state index in [1.54, 1.807) is 0 Å². The van der Waals surface area contributed by atoms with Gasteiger partial charge in [-0.1, -0.05) is 0 Å². The lowest BCUT2D eigenvalue weighted by Gasteiger charge is -2.21. The van der Waals surface area contributed by atoms with E-state index in [4.69, 9.17) is 24.9 Å². The van der Waals surface area contributed by atoms with E-state index in [2.05, 4.69) is 0 Å². The third-order valence-corrected chi connectivity index (χ3v) is 1.16. The van der Waals surface area contributed by atoms with Gasteiger partial charge in [-0.15, -0.1) is 0 Å². The third kappa shape index (κ3) is 5.78. The van der Waals surface area contributed by atoms with Crippen molar-refractivity contribution in [2.45, 2.75) is 18.6 Å². The lowest BCUT2D eigenvalue weighted by molar-refractivity contribution is -0.122. The molecule has 2 unspecified atom stereocenters. The number of aliphatic hydroxyl groups is 2. The molecule has 5 nitrogen and oxygen atoms in total. The number of ether oxygens (including phenoxy) is 1. The standard InChI is InChI=1S/C5H10O3.CH2O2/c6-4-1-5(7)3-8-2-4;2-1-3/h4-7H,1-3H2;1H,(H,2,3). The van der Waals surface area contributed by atoms with Crippen molar-refractivity contribution < 1.29 is 24.9 Å². The maximum Gasteiger partial charge on any atom is 0.290 e. The molecule has 1 saturated heterocycles. The second-order valence-corrected chi connectivity index (χ2v) is 2.19. The number of aliphatic hydroxyl groups excluding tert-OH is 2. The van der Waals surface area contributed by atoms with Crippen LogP contribution in [0, 0.1) is 0 Å². The SMILES string of the molecule is O=CO.OC1COCC(O)C1. The summed E-state index contributed by atoms with van der Waals surface area (Å²) in [5.41, 5.74) is 0. The summed E-state index contributed by atoms with van der Waals surface area (Å²) >= 11 is 0. The quantitative estimate of drug-likeness (QED) is 0.393. The molecule has 0 radical (unpaired) electrons. The minimum absolute atomic E-state index is 0.250. The van der Waals surface area contributed by atoms with Gasteiger partial charge in [0.15, 0.2) is 0 Å². The van der Waals surface area contributed by atoms with Crippen molar-refractivity contribution in [2.24, 2.45) is 0 Å². The van der Waals surface area contributed by atoms with Crippen LogP contribution in [0.25, 0.3) is 0 Å². The first-order valence-electron chi connectivity index (χ1n) is 3.22. The van der Waals surface area contributed by atoms with Crippen LogP contribution in [-0.2, 0) is 9.53 Å². The Bertz CT molecular complexity index is 97.1. The van der Waals surface area contributed by atoms with Crippen LogP contribution in [0.4, 0.5) is 0 Å². The van der Waals surface area contributed by atoms with Crippen LogP contribution < -0.4 is 0 Å². The van der Waals surface area contributed by atoms with Crippen LogP contribution in [0.3, 0.4) is 0 Å². The van der Waals surface area contributed by atoms with Gasteiger partial charge < -0.3 is 20.1 Å². The van der Waals surface area contributed by atoms with E-state index in [1.807, 2.05) is 0 Å². The third-order valence-electron chi connectivity index (χ3n) is 1.16. The number of carbonyl (C=O) groups is 1. The molecule has 0 bridgehead atoms. The lowest BCUT2D eigenvalue weighted by Crippen LogP contribution is -2.32. The normalized spacial score (nSPS) is 30.0. The highest BCUT2D eigenvalue weighted by atomic mass is 16.5. The van der Waals surface area contributed by atoms with Crippen LogP contribution in [0.15, 0.2) is 0 Å². The zero-order chi connectivity index (χ0) is 8.69. The van der Waals surface area contributed by atoms with Crippen LogP contribution in [0.1, 0.15) is 6.42 Å². The molecule has 3 N–H and O–H groups in total. The molecule has 1 fully saturated rings. The van der Waals surface area contributed by atoms with E-state index in [9.17, 15) is 0 Å². The Kier molecular flexibility index (Phi) is 5.73. The summed E-state index contributed by atoms with van der Waals surface area (Å²) in [6, 6.07) is 0. The summed E-state index contributed by atoms with van der Waals surface area (Å²) in [5.74, 6) is 0. The fraction of sp³-hybridized carbons (Fsp3) is 0.833. The largest absolute Gasteiger partial charge is 0.483 e. The minimum atomic E-state index is -0.459. The van der Waals surface area contributed by atoms with E-state index in [0.717, 1.165) is 0 Å². The van der Waals surface area contributed by atoms with Crippen molar-refractivity contribution in [1.29, 1.82) is 0 Å². The van der Waals surface area contributed by atoms with Gasteiger partial charge in [0.2, 0.25) is 0 Å². The van der Waals surface area contributed by atoms with E-state index in [1.165, 1.54) is 0 Å². The molecule has 5 heteroatoms. The highest BCUT2D eigenvalue weighted by Crippen LogP contribution is 2.05. The molecule has 0 saturated carbocycles. The molecular weight excluding hydrogens is 152 g/mol. The monoisotopic (exact) mass is 164 g/mol. The molecule has 0 aliphatic carbocycles. The Morgan fingerprint density at radius 3 is 1.82 bits per heavy atom. The molecular formula is C6H12O5. The maximum absolute atomic E-state index is 8.79. The Hall–Kier alpha value is -0.650. The molecule has 11 heavy (non-hydrogen) atoms. The van der Waals surface area contributed by atoms with Crippen molar-refractivity contribution in [3.63, 3.8) is 0 Å². The molecule has 1 aliphatic rings. The fourth-order valence-corrected chi connectivity index (χ4v) is 0.790. The molecule has 1 aliphatic heterocycles. The van der Waals surface area contributed by atoms with Gasteiger partial charge in [-0.05, 0) is 0 Å². The predicted molar refractivity (Wildman–Crippen MR) is 36.1 cm³/mol. The van der Waals surface area contributed by atoms with Gasteiger partial charge in [-0.3, -0.25) is 4.79 Å². The first-order valence-corrected chi connectivity index (χ1v) is 3.22. The average molecular weight is 164 g/mol. The minimum Gasteiger partial charge on any atom is -0.483 e. The van der Waals surface area contributed by atoms with Crippen molar-refractivity contribution in [1.82, 2.24) is 0 Å². The number of hydrogen-bond donors (Lipinski definition) is 3. The predicted octanol–water partition coefficient (Wildman–Crippen LogP) is -1.17. The van der Waals surface area contributed by atoms with E-state index in [0.29, 0.717) is 19.6 Å².